The maximum Gasteiger partial charge on any atom is 0.242 e. The Bertz CT molecular complexity index is 1310. The SMILES string of the molecule is CCn1c(CCC(=O)N(c2ccc(OC)cc2)C(C)C2CC2)nc2cc(S(=O)(=O)N(C)C)ccc21. The van der Waals surface area contributed by atoms with E-state index in [4.69, 9.17) is 9.72 Å². The van der Waals surface area contributed by atoms with Gasteiger partial charge in [-0.3, -0.25) is 4.79 Å². The zero-order chi connectivity index (χ0) is 25.3. The summed E-state index contributed by atoms with van der Waals surface area (Å²) in [6.45, 7) is 4.82. The number of benzene rings is 2. The molecule has 0 radical (unpaired) electrons. The van der Waals surface area contributed by atoms with Gasteiger partial charge >= 0.3 is 0 Å². The van der Waals surface area contributed by atoms with Gasteiger partial charge in [-0.15, -0.1) is 0 Å². The van der Waals surface area contributed by atoms with Crippen LogP contribution in [0, 0.1) is 5.92 Å². The zero-order valence-electron chi connectivity index (χ0n) is 21.1. The number of methoxy groups -OCH3 is 1. The molecule has 2 aromatic carbocycles. The molecule has 0 spiro atoms. The number of aryl methyl sites for hydroxylation is 2. The highest BCUT2D eigenvalue weighted by molar-refractivity contribution is 7.89. The third-order valence-electron chi connectivity index (χ3n) is 6.79. The van der Waals surface area contributed by atoms with Crippen LogP contribution in [-0.2, 0) is 27.8 Å². The van der Waals surface area contributed by atoms with Crippen molar-refractivity contribution in [3.8, 4) is 5.75 Å². The number of nitrogens with zero attached hydrogens (tertiary/aromatic N) is 4. The van der Waals surface area contributed by atoms with Crippen LogP contribution in [0.3, 0.4) is 0 Å². The number of rotatable bonds is 10. The molecule has 1 atom stereocenters. The molecule has 0 saturated heterocycles. The third-order valence-corrected chi connectivity index (χ3v) is 8.60. The van der Waals surface area contributed by atoms with E-state index in [1.807, 2.05) is 36.1 Å². The Morgan fingerprint density at radius 2 is 1.86 bits per heavy atom. The van der Waals surface area contributed by atoms with Crippen LogP contribution in [0.4, 0.5) is 5.69 Å². The first-order chi connectivity index (χ1) is 16.7. The molecule has 1 aliphatic carbocycles. The Morgan fingerprint density at radius 1 is 1.17 bits per heavy atom. The number of imidazole rings is 1. The zero-order valence-corrected chi connectivity index (χ0v) is 21.9. The predicted molar refractivity (Wildman–Crippen MR) is 137 cm³/mol. The first kappa shape index (κ1) is 25.2. The summed E-state index contributed by atoms with van der Waals surface area (Å²) < 4.78 is 33.6. The van der Waals surface area contributed by atoms with Crippen molar-refractivity contribution in [1.29, 1.82) is 0 Å². The summed E-state index contributed by atoms with van der Waals surface area (Å²) in [5, 5.41) is 0. The fourth-order valence-electron chi connectivity index (χ4n) is 4.55. The topological polar surface area (TPSA) is 84.7 Å². The van der Waals surface area contributed by atoms with Gasteiger partial charge in [-0.2, -0.15) is 0 Å². The molecule has 0 N–H and O–H groups in total. The maximum atomic E-state index is 13.5. The lowest BCUT2D eigenvalue weighted by atomic mass is 10.1. The lowest BCUT2D eigenvalue weighted by Gasteiger charge is -2.30. The maximum absolute atomic E-state index is 13.5. The highest BCUT2D eigenvalue weighted by atomic mass is 32.2. The number of sulfonamides is 1. The average molecular weight is 499 g/mol. The number of carbonyl (C=O) groups excluding carboxylic acids is 1. The van der Waals surface area contributed by atoms with Crippen LogP contribution >= 0.6 is 0 Å². The Kier molecular flexibility index (Phi) is 7.19. The summed E-state index contributed by atoms with van der Waals surface area (Å²) in [4.78, 5) is 20.3. The second kappa shape index (κ2) is 9.99. The van der Waals surface area contributed by atoms with Crippen LogP contribution in [0.25, 0.3) is 11.0 Å². The molecule has 3 aromatic rings. The van der Waals surface area contributed by atoms with Crippen LogP contribution in [0.5, 0.6) is 5.75 Å². The van der Waals surface area contributed by atoms with Crippen LogP contribution in [0.1, 0.15) is 38.9 Å². The molecule has 188 valence electrons. The fourth-order valence-corrected chi connectivity index (χ4v) is 5.47. The molecule has 1 aromatic heterocycles. The summed E-state index contributed by atoms with van der Waals surface area (Å²) in [5.74, 6) is 2.12. The first-order valence-corrected chi connectivity index (χ1v) is 13.5. The molecule has 1 aliphatic rings. The lowest BCUT2D eigenvalue weighted by Crippen LogP contribution is -2.40. The Balaban J connectivity index is 1.59. The highest BCUT2D eigenvalue weighted by Gasteiger charge is 2.35. The predicted octanol–water partition coefficient (Wildman–Crippen LogP) is 4.08. The molecule has 4 rings (SSSR count). The lowest BCUT2D eigenvalue weighted by molar-refractivity contribution is -0.119. The van der Waals surface area contributed by atoms with Crippen molar-refractivity contribution in [3.05, 3.63) is 48.3 Å². The smallest absolute Gasteiger partial charge is 0.242 e. The van der Waals surface area contributed by atoms with Gasteiger partial charge in [0.15, 0.2) is 0 Å². The van der Waals surface area contributed by atoms with Gasteiger partial charge in [-0.25, -0.2) is 17.7 Å². The Hall–Kier alpha value is -2.91. The van der Waals surface area contributed by atoms with Crippen molar-refractivity contribution in [3.63, 3.8) is 0 Å². The molecule has 1 saturated carbocycles. The number of carbonyl (C=O) groups is 1. The van der Waals surface area contributed by atoms with Gasteiger partial charge in [0.25, 0.3) is 0 Å². The van der Waals surface area contributed by atoms with Crippen LogP contribution in [0.2, 0.25) is 0 Å². The van der Waals surface area contributed by atoms with E-state index in [1.165, 1.54) is 18.4 Å². The van der Waals surface area contributed by atoms with Crippen molar-refractivity contribution in [2.75, 3.05) is 26.1 Å². The molecular formula is C26H34N4O4S. The number of ether oxygens (including phenoxy) is 1. The van der Waals surface area contributed by atoms with Crippen LogP contribution in [-0.4, -0.2) is 55.4 Å². The van der Waals surface area contributed by atoms with Crippen molar-refractivity contribution < 1.29 is 17.9 Å². The molecule has 1 heterocycles. The van der Waals surface area contributed by atoms with E-state index in [1.54, 1.807) is 25.3 Å². The van der Waals surface area contributed by atoms with Gasteiger partial charge in [0, 0.05) is 45.2 Å². The number of aromatic nitrogens is 2. The Labute approximate surface area is 207 Å². The normalized spacial score (nSPS) is 14.9. The van der Waals surface area contributed by atoms with Gasteiger partial charge < -0.3 is 14.2 Å². The Morgan fingerprint density at radius 3 is 2.43 bits per heavy atom. The van der Waals surface area contributed by atoms with E-state index in [9.17, 15) is 13.2 Å². The van der Waals surface area contributed by atoms with Gasteiger partial charge in [-0.1, -0.05) is 0 Å². The molecule has 1 fully saturated rings. The van der Waals surface area contributed by atoms with Crippen LogP contribution < -0.4 is 9.64 Å². The first-order valence-electron chi connectivity index (χ1n) is 12.0. The van der Waals surface area contributed by atoms with Crippen molar-refractivity contribution >= 4 is 32.7 Å². The van der Waals surface area contributed by atoms with Crippen molar-refractivity contribution in [2.45, 2.75) is 57.0 Å². The minimum Gasteiger partial charge on any atom is -0.497 e. The number of hydrogen-bond donors (Lipinski definition) is 0. The van der Waals surface area contributed by atoms with Crippen LogP contribution in [0.15, 0.2) is 47.4 Å². The molecular weight excluding hydrogens is 464 g/mol. The molecule has 8 nitrogen and oxygen atoms in total. The molecule has 1 amide bonds. The minimum atomic E-state index is -3.55. The molecule has 9 heteroatoms. The van der Waals surface area contributed by atoms with Gasteiger partial charge in [0.05, 0.1) is 23.0 Å². The summed E-state index contributed by atoms with van der Waals surface area (Å²) in [6, 6.07) is 12.8. The largest absolute Gasteiger partial charge is 0.497 e. The standard InChI is InChI=1S/C26H34N4O4S/c1-6-29-24-14-13-22(35(32,33)28(3)4)17-23(24)27-25(29)15-16-26(31)30(18(2)19-7-8-19)20-9-11-21(34-5)12-10-20/h9-14,17-19H,6-8,15-16H2,1-5H3. The fraction of sp³-hybridized carbons (Fsp3) is 0.462. The number of fused-ring (bicyclic) bond motifs is 1. The number of anilines is 1. The van der Waals surface area contributed by atoms with Gasteiger partial charge in [0.1, 0.15) is 11.6 Å². The second-order valence-electron chi connectivity index (χ2n) is 9.25. The van der Waals surface area contributed by atoms with Crippen molar-refractivity contribution in [2.24, 2.45) is 5.92 Å². The summed E-state index contributed by atoms with van der Waals surface area (Å²) in [6.07, 6.45) is 3.08. The minimum absolute atomic E-state index is 0.0557. The highest BCUT2D eigenvalue weighted by Crippen LogP contribution is 2.37. The summed E-state index contributed by atoms with van der Waals surface area (Å²) in [7, 11) is 1.10. The van der Waals surface area contributed by atoms with E-state index in [0.717, 1.165) is 35.6 Å². The quantitative estimate of drug-likeness (QED) is 0.421. The molecule has 0 aliphatic heterocycles. The van der Waals surface area contributed by atoms with Gasteiger partial charge in [0.2, 0.25) is 15.9 Å². The number of amides is 1. The summed E-state index contributed by atoms with van der Waals surface area (Å²) >= 11 is 0. The number of hydrogen-bond acceptors (Lipinski definition) is 5. The molecule has 35 heavy (non-hydrogen) atoms. The van der Waals surface area contributed by atoms with E-state index < -0.39 is 10.0 Å². The van der Waals surface area contributed by atoms with E-state index in [-0.39, 0.29) is 16.8 Å². The second-order valence-corrected chi connectivity index (χ2v) is 11.4. The van der Waals surface area contributed by atoms with E-state index in [2.05, 4.69) is 11.5 Å². The van der Waals surface area contributed by atoms with E-state index in [0.29, 0.717) is 30.8 Å². The molecule has 1 unspecified atom stereocenters. The van der Waals surface area contributed by atoms with E-state index >= 15 is 0 Å². The third kappa shape index (κ3) is 5.06. The van der Waals surface area contributed by atoms with Crippen molar-refractivity contribution in [1.82, 2.24) is 13.9 Å². The van der Waals surface area contributed by atoms with Gasteiger partial charge in [-0.05, 0) is 75.1 Å². The molecule has 0 bridgehead atoms. The monoisotopic (exact) mass is 498 g/mol. The summed E-state index contributed by atoms with van der Waals surface area (Å²) in [5.41, 5.74) is 2.36. The average Bonchev–Trinajstić information content (AvgIpc) is 3.64.